The Morgan fingerprint density at radius 2 is 2.10 bits per heavy atom. The zero-order valence-electron chi connectivity index (χ0n) is 6.40. The van der Waals surface area contributed by atoms with Crippen LogP contribution in [0, 0.1) is 23.7 Å². The minimum absolute atomic E-state index is 0.818. The Balaban J connectivity index is 1.92. The van der Waals surface area contributed by atoms with Crippen LogP contribution in [0.4, 0.5) is 0 Å². The highest BCUT2D eigenvalue weighted by molar-refractivity contribution is 5.13. The lowest BCUT2D eigenvalue weighted by molar-refractivity contribution is 0.602. The van der Waals surface area contributed by atoms with Gasteiger partial charge >= 0.3 is 0 Å². The molecule has 0 heterocycles. The standard InChI is InChI=1S/C10H14/c1-2-4-6-9-8-10(9)7-5-3-1/h9-10H,1-4,6,8H2/t9-,10-/m0/s1. The van der Waals surface area contributed by atoms with Gasteiger partial charge in [-0.1, -0.05) is 18.8 Å². The number of rotatable bonds is 0. The van der Waals surface area contributed by atoms with Crippen LogP contribution in [0.25, 0.3) is 0 Å². The molecule has 10 heavy (non-hydrogen) atoms. The summed E-state index contributed by atoms with van der Waals surface area (Å²) in [5.74, 6) is 8.44. The largest absolute Gasteiger partial charge is 0.103 e. The third kappa shape index (κ3) is 1.34. The summed E-state index contributed by atoms with van der Waals surface area (Å²) in [4.78, 5) is 0. The molecule has 0 spiro atoms. The molecule has 0 N–H and O–H groups in total. The molecule has 0 heteroatoms. The van der Waals surface area contributed by atoms with Crippen molar-refractivity contribution in [1.82, 2.24) is 0 Å². The second-order valence-corrected chi connectivity index (χ2v) is 3.52. The maximum Gasteiger partial charge on any atom is 0.0234 e. The van der Waals surface area contributed by atoms with E-state index in [2.05, 4.69) is 11.8 Å². The van der Waals surface area contributed by atoms with E-state index in [9.17, 15) is 0 Å². The molecule has 0 aromatic heterocycles. The third-order valence-electron chi connectivity index (χ3n) is 2.59. The van der Waals surface area contributed by atoms with Gasteiger partial charge < -0.3 is 0 Å². The fourth-order valence-electron chi connectivity index (χ4n) is 1.74. The average Bonchev–Trinajstić information content (AvgIpc) is 2.66. The summed E-state index contributed by atoms with van der Waals surface area (Å²) in [7, 11) is 0. The first-order valence-corrected chi connectivity index (χ1v) is 4.45. The molecule has 1 fully saturated rings. The summed E-state index contributed by atoms with van der Waals surface area (Å²) in [6.45, 7) is 0. The molecule has 0 bridgehead atoms. The quantitative estimate of drug-likeness (QED) is 0.447. The van der Waals surface area contributed by atoms with Crippen LogP contribution in [0.5, 0.6) is 0 Å². The zero-order valence-corrected chi connectivity index (χ0v) is 6.40. The van der Waals surface area contributed by atoms with E-state index in [1.165, 1.54) is 32.1 Å². The lowest BCUT2D eigenvalue weighted by Crippen LogP contribution is -1.79. The Bertz CT molecular complexity index is 170. The Hall–Kier alpha value is -0.440. The Kier molecular flexibility index (Phi) is 1.67. The Labute approximate surface area is 63.0 Å². The van der Waals surface area contributed by atoms with Gasteiger partial charge in [-0.15, -0.1) is 5.92 Å². The van der Waals surface area contributed by atoms with Crippen molar-refractivity contribution < 1.29 is 0 Å². The first-order valence-electron chi connectivity index (χ1n) is 4.45. The fourth-order valence-corrected chi connectivity index (χ4v) is 1.74. The van der Waals surface area contributed by atoms with Gasteiger partial charge in [-0.05, 0) is 25.2 Å². The Morgan fingerprint density at radius 3 is 3.10 bits per heavy atom. The van der Waals surface area contributed by atoms with Crippen molar-refractivity contribution in [2.24, 2.45) is 11.8 Å². The molecule has 2 atom stereocenters. The van der Waals surface area contributed by atoms with Gasteiger partial charge in [0.15, 0.2) is 0 Å². The highest BCUT2D eigenvalue weighted by Crippen LogP contribution is 2.42. The topological polar surface area (TPSA) is 0 Å². The minimum Gasteiger partial charge on any atom is -0.103 e. The van der Waals surface area contributed by atoms with E-state index in [0.717, 1.165) is 18.3 Å². The number of hydrogen-bond donors (Lipinski definition) is 0. The second-order valence-electron chi connectivity index (χ2n) is 3.52. The van der Waals surface area contributed by atoms with Crippen molar-refractivity contribution in [1.29, 1.82) is 0 Å². The van der Waals surface area contributed by atoms with Gasteiger partial charge in [0.05, 0.1) is 0 Å². The summed E-state index contributed by atoms with van der Waals surface area (Å²) in [6.07, 6.45) is 8.23. The monoisotopic (exact) mass is 134 g/mol. The molecule has 0 unspecified atom stereocenters. The summed E-state index contributed by atoms with van der Waals surface area (Å²) < 4.78 is 0. The van der Waals surface area contributed by atoms with Crippen molar-refractivity contribution in [3.8, 4) is 11.8 Å². The van der Waals surface area contributed by atoms with Crippen LogP contribution in [0.2, 0.25) is 0 Å². The Morgan fingerprint density at radius 1 is 1.10 bits per heavy atom. The van der Waals surface area contributed by atoms with E-state index in [4.69, 9.17) is 0 Å². The van der Waals surface area contributed by atoms with Crippen LogP contribution in [0.1, 0.15) is 38.5 Å². The molecule has 0 aromatic carbocycles. The molecule has 54 valence electrons. The highest BCUT2D eigenvalue weighted by atomic mass is 14.4. The summed E-state index contributed by atoms with van der Waals surface area (Å²) in [5.41, 5.74) is 0. The van der Waals surface area contributed by atoms with Crippen molar-refractivity contribution in [3.63, 3.8) is 0 Å². The van der Waals surface area contributed by atoms with Crippen molar-refractivity contribution in [2.75, 3.05) is 0 Å². The van der Waals surface area contributed by atoms with Crippen LogP contribution < -0.4 is 0 Å². The normalized spacial score (nSPS) is 37.6. The van der Waals surface area contributed by atoms with Gasteiger partial charge in [-0.25, -0.2) is 0 Å². The van der Waals surface area contributed by atoms with Crippen LogP contribution in [-0.4, -0.2) is 0 Å². The van der Waals surface area contributed by atoms with Gasteiger partial charge in [0.25, 0.3) is 0 Å². The predicted molar refractivity (Wildman–Crippen MR) is 42.5 cm³/mol. The SMILES string of the molecule is C1#C[C@H]2C[C@@H]2CCCCC1. The molecule has 2 aliphatic rings. The lowest BCUT2D eigenvalue weighted by Gasteiger charge is -1.94. The zero-order chi connectivity index (χ0) is 6.81. The summed E-state index contributed by atoms with van der Waals surface area (Å²) >= 11 is 0. The molecule has 1 saturated carbocycles. The smallest absolute Gasteiger partial charge is 0.0234 e. The van der Waals surface area contributed by atoms with Crippen molar-refractivity contribution in [2.45, 2.75) is 38.5 Å². The molecular weight excluding hydrogens is 120 g/mol. The van der Waals surface area contributed by atoms with Crippen molar-refractivity contribution in [3.05, 3.63) is 0 Å². The van der Waals surface area contributed by atoms with Crippen LogP contribution in [0.3, 0.4) is 0 Å². The molecule has 0 amide bonds. The third-order valence-corrected chi connectivity index (χ3v) is 2.59. The number of fused-ring (bicyclic) bond motifs is 1. The van der Waals surface area contributed by atoms with Crippen molar-refractivity contribution >= 4 is 0 Å². The first kappa shape index (κ1) is 6.28. The maximum atomic E-state index is 3.35. The highest BCUT2D eigenvalue weighted by Gasteiger charge is 2.34. The number of hydrogen-bond acceptors (Lipinski definition) is 0. The van der Waals surface area contributed by atoms with Gasteiger partial charge in [-0.2, -0.15) is 0 Å². The van der Waals surface area contributed by atoms with Crippen LogP contribution in [0.15, 0.2) is 0 Å². The molecular formula is C10H14. The molecule has 2 rings (SSSR count). The van der Waals surface area contributed by atoms with Crippen LogP contribution in [-0.2, 0) is 0 Å². The maximum absolute atomic E-state index is 3.35. The van der Waals surface area contributed by atoms with E-state index in [0.29, 0.717) is 0 Å². The van der Waals surface area contributed by atoms with Crippen LogP contribution >= 0.6 is 0 Å². The van der Waals surface area contributed by atoms with Gasteiger partial charge in [0, 0.05) is 12.3 Å². The van der Waals surface area contributed by atoms with E-state index in [-0.39, 0.29) is 0 Å². The molecule has 0 aromatic rings. The summed E-state index contributed by atoms with van der Waals surface area (Å²) in [5, 5.41) is 0. The molecule has 0 radical (unpaired) electrons. The average molecular weight is 134 g/mol. The first-order chi connectivity index (χ1) is 4.97. The lowest BCUT2D eigenvalue weighted by atomic mass is 10.1. The minimum atomic E-state index is 0.818. The molecule has 2 aliphatic carbocycles. The van der Waals surface area contributed by atoms with E-state index >= 15 is 0 Å². The predicted octanol–water partition coefficient (Wildman–Crippen LogP) is 2.59. The van der Waals surface area contributed by atoms with Gasteiger partial charge in [0.2, 0.25) is 0 Å². The van der Waals surface area contributed by atoms with E-state index in [1.54, 1.807) is 0 Å². The molecule has 0 nitrogen and oxygen atoms in total. The van der Waals surface area contributed by atoms with E-state index in [1.807, 2.05) is 0 Å². The summed E-state index contributed by atoms with van der Waals surface area (Å²) in [6, 6.07) is 0. The fraction of sp³-hybridized carbons (Fsp3) is 0.800. The molecule has 0 saturated heterocycles. The van der Waals surface area contributed by atoms with Gasteiger partial charge in [0.1, 0.15) is 0 Å². The van der Waals surface area contributed by atoms with E-state index < -0.39 is 0 Å². The second kappa shape index (κ2) is 2.66. The van der Waals surface area contributed by atoms with Gasteiger partial charge in [-0.3, -0.25) is 0 Å². The molecule has 0 aliphatic heterocycles.